The van der Waals surface area contributed by atoms with Crippen LogP contribution in [0.25, 0.3) is 0 Å². The first-order chi connectivity index (χ1) is 8.58. The summed E-state index contributed by atoms with van der Waals surface area (Å²) < 4.78 is 5.45. The highest BCUT2D eigenvalue weighted by molar-refractivity contribution is 5.53. The van der Waals surface area contributed by atoms with E-state index >= 15 is 0 Å². The molecule has 2 aromatic heterocycles. The lowest BCUT2D eigenvalue weighted by atomic mass is 10.3. The molecule has 92 valence electrons. The van der Waals surface area contributed by atoms with Crippen molar-refractivity contribution in [1.82, 2.24) is 9.97 Å². The third kappa shape index (κ3) is 2.34. The molecule has 18 heavy (non-hydrogen) atoms. The molecule has 7 heteroatoms. The van der Waals surface area contributed by atoms with E-state index in [-0.39, 0.29) is 17.4 Å². The lowest BCUT2D eigenvalue weighted by molar-refractivity contribution is -0.384. The van der Waals surface area contributed by atoms with Crippen molar-refractivity contribution >= 4 is 11.5 Å². The Hall–Kier alpha value is -2.70. The van der Waals surface area contributed by atoms with E-state index in [1.165, 1.54) is 12.1 Å². The molecule has 2 aromatic rings. The molecule has 0 aromatic carbocycles. The molecule has 7 nitrogen and oxygen atoms in total. The Morgan fingerprint density at radius 1 is 1.39 bits per heavy atom. The Morgan fingerprint density at radius 2 is 2.17 bits per heavy atom. The number of hydrogen-bond acceptors (Lipinski definition) is 6. The zero-order chi connectivity index (χ0) is 13.1. The second-order valence-electron chi connectivity index (χ2n) is 3.50. The largest absolute Gasteiger partial charge is 0.437 e. The Balaban J connectivity index is 2.29. The first-order valence-electron chi connectivity index (χ1n) is 5.08. The summed E-state index contributed by atoms with van der Waals surface area (Å²) in [5.41, 5.74) is 5.91. The monoisotopic (exact) mass is 246 g/mol. The van der Waals surface area contributed by atoms with Crippen LogP contribution in [0.5, 0.6) is 11.6 Å². The minimum atomic E-state index is -0.596. The molecule has 0 fully saturated rings. The fourth-order valence-corrected chi connectivity index (χ4v) is 1.35. The Bertz CT molecular complexity index is 601. The lowest BCUT2D eigenvalue weighted by Gasteiger charge is -2.06. The van der Waals surface area contributed by atoms with Crippen molar-refractivity contribution in [1.29, 1.82) is 0 Å². The highest BCUT2D eigenvalue weighted by Crippen LogP contribution is 2.26. The van der Waals surface area contributed by atoms with Gasteiger partial charge in [0.2, 0.25) is 11.7 Å². The molecule has 0 bridgehead atoms. The second kappa shape index (κ2) is 4.66. The van der Waals surface area contributed by atoms with E-state index in [2.05, 4.69) is 9.97 Å². The van der Waals surface area contributed by atoms with Gasteiger partial charge in [-0.15, -0.1) is 0 Å². The van der Waals surface area contributed by atoms with Crippen LogP contribution < -0.4 is 10.5 Å². The van der Waals surface area contributed by atoms with Crippen LogP contribution in [0.2, 0.25) is 0 Å². The first kappa shape index (κ1) is 11.8. The fraction of sp³-hybridized carbons (Fsp3) is 0.0909. The highest BCUT2D eigenvalue weighted by Gasteiger charge is 2.14. The van der Waals surface area contributed by atoms with Crippen molar-refractivity contribution in [2.75, 3.05) is 5.73 Å². The summed E-state index contributed by atoms with van der Waals surface area (Å²) >= 11 is 0. The molecule has 0 radical (unpaired) electrons. The zero-order valence-corrected chi connectivity index (χ0v) is 9.53. The molecule has 0 atom stereocenters. The third-order valence-corrected chi connectivity index (χ3v) is 2.25. The van der Waals surface area contributed by atoms with E-state index in [4.69, 9.17) is 10.5 Å². The standard InChI is InChI=1S/C11H10N4O3/c1-7-9(3-2-6-13-7)18-10-5-4-8(15(16)17)11(12)14-10/h2-6H,1H3,(H2,12,14). The van der Waals surface area contributed by atoms with Gasteiger partial charge in [-0.3, -0.25) is 15.1 Å². The molecule has 0 amide bonds. The molecule has 0 aliphatic heterocycles. The molecule has 2 rings (SSSR count). The number of pyridine rings is 2. The summed E-state index contributed by atoms with van der Waals surface area (Å²) in [7, 11) is 0. The van der Waals surface area contributed by atoms with E-state index in [0.29, 0.717) is 11.4 Å². The molecule has 2 N–H and O–H groups in total. The van der Waals surface area contributed by atoms with Gasteiger partial charge in [-0.25, -0.2) is 0 Å². The third-order valence-electron chi connectivity index (χ3n) is 2.25. The molecule has 2 heterocycles. The number of nitrogens with zero attached hydrogens (tertiary/aromatic N) is 3. The molecule has 0 aliphatic carbocycles. The predicted octanol–water partition coefficient (Wildman–Crippen LogP) is 2.07. The number of nitrogens with two attached hydrogens (primary N) is 1. The average molecular weight is 246 g/mol. The SMILES string of the molecule is Cc1ncccc1Oc1ccc([N+](=O)[O-])c(N)n1. The van der Waals surface area contributed by atoms with Gasteiger partial charge < -0.3 is 10.5 Å². The summed E-state index contributed by atoms with van der Waals surface area (Å²) in [5.74, 6) is 0.534. The molecular formula is C11H10N4O3. The minimum absolute atomic E-state index is 0.181. The van der Waals surface area contributed by atoms with Crippen molar-refractivity contribution in [3.05, 3.63) is 46.3 Å². The molecule has 0 saturated carbocycles. The summed E-state index contributed by atoms with van der Waals surface area (Å²) in [5, 5.41) is 10.6. The summed E-state index contributed by atoms with van der Waals surface area (Å²) in [4.78, 5) is 17.9. The topological polar surface area (TPSA) is 104 Å². The van der Waals surface area contributed by atoms with Crippen molar-refractivity contribution in [2.24, 2.45) is 0 Å². The number of ether oxygens (including phenoxy) is 1. The van der Waals surface area contributed by atoms with Gasteiger partial charge in [-0.05, 0) is 19.1 Å². The van der Waals surface area contributed by atoms with Crippen LogP contribution in [0, 0.1) is 17.0 Å². The summed E-state index contributed by atoms with van der Waals surface area (Å²) in [6, 6.07) is 6.09. The van der Waals surface area contributed by atoms with E-state index < -0.39 is 4.92 Å². The van der Waals surface area contributed by atoms with Crippen LogP contribution in [0.1, 0.15) is 5.69 Å². The molecule has 0 unspecified atom stereocenters. The van der Waals surface area contributed by atoms with Crippen molar-refractivity contribution in [2.45, 2.75) is 6.92 Å². The number of hydrogen-bond donors (Lipinski definition) is 1. The van der Waals surface area contributed by atoms with Gasteiger partial charge in [0.25, 0.3) is 0 Å². The van der Waals surface area contributed by atoms with Crippen molar-refractivity contribution in [3.8, 4) is 11.6 Å². The normalized spacial score (nSPS) is 10.1. The molecule has 0 spiro atoms. The number of aromatic nitrogens is 2. The Labute approximate surface area is 102 Å². The molecular weight excluding hydrogens is 236 g/mol. The van der Waals surface area contributed by atoms with Crippen LogP contribution in [0.3, 0.4) is 0 Å². The van der Waals surface area contributed by atoms with Crippen molar-refractivity contribution < 1.29 is 9.66 Å². The maximum absolute atomic E-state index is 10.6. The van der Waals surface area contributed by atoms with Gasteiger partial charge in [0.05, 0.1) is 10.6 Å². The van der Waals surface area contributed by atoms with E-state index in [0.717, 1.165) is 0 Å². The maximum Gasteiger partial charge on any atom is 0.311 e. The Kier molecular flexibility index (Phi) is 3.05. The van der Waals surface area contributed by atoms with Crippen LogP contribution in [-0.2, 0) is 0 Å². The number of aryl methyl sites for hydroxylation is 1. The molecule has 0 aliphatic rings. The Morgan fingerprint density at radius 3 is 2.78 bits per heavy atom. The molecule has 0 saturated heterocycles. The van der Waals surface area contributed by atoms with Crippen LogP contribution in [0.4, 0.5) is 11.5 Å². The van der Waals surface area contributed by atoms with Crippen LogP contribution in [0.15, 0.2) is 30.5 Å². The number of nitro groups is 1. The van der Waals surface area contributed by atoms with Crippen LogP contribution >= 0.6 is 0 Å². The van der Waals surface area contributed by atoms with Gasteiger partial charge in [-0.2, -0.15) is 4.98 Å². The predicted molar refractivity (Wildman–Crippen MR) is 64.4 cm³/mol. The van der Waals surface area contributed by atoms with Gasteiger partial charge in [-0.1, -0.05) is 0 Å². The van der Waals surface area contributed by atoms with E-state index in [9.17, 15) is 10.1 Å². The average Bonchev–Trinajstić information content (AvgIpc) is 2.32. The maximum atomic E-state index is 10.6. The number of rotatable bonds is 3. The van der Waals surface area contributed by atoms with Gasteiger partial charge in [0.15, 0.2) is 5.75 Å². The zero-order valence-electron chi connectivity index (χ0n) is 9.53. The van der Waals surface area contributed by atoms with Gasteiger partial charge in [0, 0.05) is 18.3 Å². The fourth-order valence-electron chi connectivity index (χ4n) is 1.35. The van der Waals surface area contributed by atoms with Gasteiger partial charge in [0.1, 0.15) is 0 Å². The summed E-state index contributed by atoms with van der Waals surface area (Å²) in [6.45, 7) is 1.78. The van der Waals surface area contributed by atoms with Crippen molar-refractivity contribution in [3.63, 3.8) is 0 Å². The minimum Gasteiger partial charge on any atom is -0.437 e. The first-order valence-corrected chi connectivity index (χ1v) is 5.08. The van der Waals surface area contributed by atoms with E-state index in [1.54, 1.807) is 25.3 Å². The second-order valence-corrected chi connectivity index (χ2v) is 3.50. The highest BCUT2D eigenvalue weighted by atomic mass is 16.6. The number of anilines is 1. The van der Waals surface area contributed by atoms with Crippen LogP contribution in [-0.4, -0.2) is 14.9 Å². The van der Waals surface area contributed by atoms with E-state index in [1.807, 2.05) is 0 Å². The van der Waals surface area contributed by atoms with Gasteiger partial charge >= 0.3 is 5.69 Å². The smallest absolute Gasteiger partial charge is 0.311 e. The number of nitrogen functional groups attached to an aromatic ring is 1. The summed E-state index contributed by atoms with van der Waals surface area (Å²) in [6.07, 6.45) is 1.64. The quantitative estimate of drug-likeness (QED) is 0.656. The lowest BCUT2D eigenvalue weighted by Crippen LogP contribution is -2.00.